The van der Waals surface area contributed by atoms with E-state index in [2.05, 4.69) is 0 Å². The lowest BCUT2D eigenvalue weighted by atomic mass is 9.91. The van der Waals surface area contributed by atoms with Crippen molar-refractivity contribution in [2.24, 2.45) is 5.73 Å². The van der Waals surface area contributed by atoms with Crippen LogP contribution < -0.4 is 15.2 Å². The number of benzene rings is 3. The second-order valence-corrected chi connectivity index (χ2v) is 9.15. The van der Waals surface area contributed by atoms with Crippen LogP contribution in [0.4, 0.5) is 5.69 Å². The van der Waals surface area contributed by atoms with E-state index >= 15 is 0 Å². The molecule has 0 radical (unpaired) electrons. The molecule has 1 heterocycles. The van der Waals surface area contributed by atoms with E-state index in [1.807, 2.05) is 35.8 Å². The van der Waals surface area contributed by atoms with Crippen molar-refractivity contribution in [3.8, 4) is 33.8 Å². The average molecular weight is 544 g/mol. The summed E-state index contributed by atoms with van der Waals surface area (Å²) in [4.78, 5) is 36.4. The van der Waals surface area contributed by atoms with Gasteiger partial charge in [-0.3, -0.25) is 14.9 Å². The van der Waals surface area contributed by atoms with Crippen LogP contribution in [0, 0.1) is 24.0 Å². The number of non-ortho nitro benzene ring substituents is 1. The number of nitrogens with two attached hydrogens (primary N) is 1. The Morgan fingerprint density at radius 2 is 1.62 bits per heavy atom. The van der Waals surface area contributed by atoms with Gasteiger partial charge in [0.25, 0.3) is 11.6 Å². The first-order valence-electron chi connectivity index (χ1n) is 12.3. The molecule has 0 aliphatic rings. The molecule has 10 nitrogen and oxygen atoms in total. The van der Waals surface area contributed by atoms with Gasteiger partial charge in [0.05, 0.1) is 26.3 Å². The van der Waals surface area contributed by atoms with E-state index in [1.54, 1.807) is 38.3 Å². The molecule has 0 unspecified atom stereocenters. The van der Waals surface area contributed by atoms with Crippen molar-refractivity contribution < 1.29 is 28.7 Å². The zero-order valence-corrected chi connectivity index (χ0v) is 22.8. The number of nitro benzene ring substituents is 1. The van der Waals surface area contributed by atoms with Crippen LogP contribution in [0.15, 0.2) is 60.7 Å². The van der Waals surface area contributed by atoms with Gasteiger partial charge < -0.3 is 24.5 Å². The van der Waals surface area contributed by atoms with E-state index in [9.17, 15) is 19.7 Å². The highest BCUT2D eigenvalue weighted by Gasteiger charge is 2.28. The molecule has 10 heteroatoms. The third-order valence-electron chi connectivity index (χ3n) is 6.84. The number of hydrogen-bond donors (Lipinski definition) is 1. The molecule has 1 aromatic heterocycles. The molecule has 2 N–H and O–H groups in total. The molecule has 0 saturated carbocycles. The lowest BCUT2D eigenvalue weighted by molar-refractivity contribution is -0.384. The third kappa shape index (κ3) is 5.11. The SMILES string of the molecule is COC(=O)c1ccc(-c2c(-c3ccc([N+](=O)[O-])cc3C)c(C)n(Cc3ccc(OC)cc3)c2C(N)=O)cc1OC. The minimum atomic E-state index is -0.659. The Morgan fingerprint density at radius 3 is 2.17 bits per heavy atom. The van der Waals surface area contributed by atoms with Crippen molar-refractivity contribution in [3.05, 3.63) is 98.9 Å². The highest BCUT2D eigenvalue weighted by Crippen LogP contribution is 2.43. The summed E-state index contributed by atoms with van der Waals surface area (Å²) in [5, 5.41) is 11.4. The fourth-order valence-corrected chi connectivity index (χ4v) is 4.88. The van der Waals surface area contributed by atoms with Crippen LogP contribution in [0.25, 0.3) is 22.3 Å². The van der Waals surface area contributed by atoms with Gasteiger partial charge in [0.15, 0.2) is 0 Å². The average Bonchev–Trinajstić information content (AvgIpc) is 3.24. The molecule has 206 valence electrons. The number of nitrogens with zero attached hydrogens (tertiary/aromatic N) is 2. The molecule has 0 atom stereocenters. The van der Waals surface area contributed by atoms with Crippen molar-refractivity contribution in [2.45, 2.75) is 20.4 Å². The maximum Gasteiger partial charge on any atom is 0.341 e. The summed E-state index contributed by atoms with van der Waals surface area (Å²) < 4.78 is 17.5. The summed E-state index contributed by atoms with van der Waals surface area (Å²) in [6.45, 7) is 3.97. The van der Waals surface area contributed by atoms with Crippen LogP contribution in [0.1, 0.15) is 37.7 Å². The Labute approximate surface area is 231 Å². The van der Waals surface area contributed by atoms with E-state index in [0.29, 0.717) is 40.1 Å². The molecule has 0 saturated heterocycles. The summed E-state index contributed by atoms with van der Waals surface area (Å²) in [6.07, 6.45) is 0. The maximum absolute atomic E-state index is 13.1. The first-order chi connectivity index (χ1) is 19.1. The number of ether oxygens (including phenoxy) is 3. The van der Waals surface area contributed by atoms with Gasteiger partial charge in [0.1, 0.15) is 22.8 Å². The number of carbonyl (C=O) groups is 2. The van der Waals surface area contributed by atoms with E-state index in [0.717, 1.165) is 11.3 Å². The normalized spacial score (nSPS) is 10.7. The predicted octanol–water partition coefficient (Wildman–Crippen LogP) is 5.30. The van der Waals surface area contributed by atoms with Crippen LogP contribution in [0.3, 0.4) is 0 Å². The fraction of sp³-hybridized carbons (Fsp3) is 0.200. The zero-order valence-electron chi connectivity index (χ0n) is 22.8. The second kappa shape index (κ2) is 11.3. The molecule has 1 amide bonds. The quantitative estimate of drug-likeness (QED) is 0.172. The summed E-state index contributed by atoms with van der Waals surface area (Å²) in [6, 6.07) is 16.9. The summed E-state index contributed by atoms with van der Waals surface area (Å²) in [5.41, 5.74) is 11.2. The number of rotatable bonds is 9. The van der Waals surface area contributed by atoms with E-state index < -0.39 is 16.8 Å². The molecule has 0 aliphatic heterocycles. The number of amides is 1. The van der Waals surface area contributed by atoms with Crippen molar-refractivity contribution in [3.63, 3.8) is 0 Å². The summed E-state index contributed by atoms with van der Waals surface area (Å²) >= 11 is 0. The Morgan fingerprint density at radius 1 is 0.925 bits per heavy atom. The van der Waals surface area contributed by atoms with Gasteiger partial charge in [-0.15, -0.1) is 0 Å². The van der Waals surface area contributed by atoms with E-state index in [1.165, 1.54) is 26.4 Å². The Hall–Kier alpha value is -5.12. The predicted molar refractivity (Wildman–Crippen MR) is 150 cm³/mol. The van der Waals surface area contributed by atoms with Gasteiger partial charge in [0, 0.05) is 35.5 Å². The molecular weight excluding hydrogens is 514 g/mol. The highest BCUT2D eigenvalue weighted by molar-refractivity contribution is 6.05. The first-order valence-corrected chi connectivity index (χ1v) is 12.3. The van der Waals surface area contributed by atoms with Crippen molar-refractivity contribution >= 4 is 17.6 Å². The third-order valence-corrected chi connectivity index (χ3v) is 6.84. The summed E-state index contributed by atoms with van der Waals surface area (Å²) in [5.74, 6) is -0.276. The molecule has 0 bridgehead atoms. The van der Waals surface area contributed by atoms with Gasteiger partial charge in [-0.2, -0.15) is 0 Å². The van der Waals surface area contributed by atoms with Crippen LogP contribution in [-0.4, -0.2) is 42.7 Å². The Balaban J connectivity index is 2.04. The van der Waals surface area contributed by atoms with Gasteiger partial charge in [-0.05, 0) is 66.4 Å². The molecule has 0 spiro atoms. The monoisotopic (exact) mass is 543 g/mol. The molecule has 0 fully saturated rings. The number of esters is 1. The fourth-order valence-electron chi connectivity index (χ4n) is 4.88. The Bertz CT molecular complexity index is 1620. The van der Waals surface area contributed by atoms with Crippen LogP contribution in [0.5, 0.6) is 11.5 Å². The number of nitro groups is 1. The summed E-state index contributed by atoms with van der Waals surface area (Å²) in [7, 11) is 4.29. The molecule has 0 aliphatic carbocycles. The first kappa shape index (κ1) is 27.9. The van der Waals surface area contributed by atoms with Gasteiger partial charge >= 0.3 is 5.97 Å². The molecular formula is C30H29N3O7. The van der Waals surface area contributed by atoms with Crippen LogP contribution in [-0.2, 0) is 11.3 Å². The van der Waals surface area contributed by atoms with Crippen molar-refractivity contribution in [1.29, 1.82) is 0 Å². The highest BCUT2D eigenvalue weighted by atomic mass is 16.6. The minimum Gasteiger partial charge on any atom is -0.497 e. The van der Waals surface area contributed by atoms with E-state index in [-0.39, 0.29) is 22.7 Å². The molecule has 3 aromatic carbocycles. The number of methoxy groups -OCH3 is 3. The standard InChI is InChI=1S/C30H29N3O7/c1-17-14-21(33(36)37)9-13-23(17)26-18(2)32(16-19-6-10-22(38-3)11-7-19)28(29(31)34)27(26)20-8-12-24(30(35)40-5)25(15-20)39-4/h6-15H,16H2,1-5H3,(H2,31,34). The smallest absolute Gasteiger partial charge is 0.341 e. The van der Waals surface area contributed by atoms with Crippen molar-refractivity contribution in [1.82, 2.24) is 4.57 Å². The van der Waals surface area contributed by atoms with Gasteiger partial charge in [-0.1, -0.05) is 18.2 Å². The molecule has 4 aromatic rings. The minimum absolute atomic E-state index is 0.0441. The number of aryl methyl sites for hydroxylation is 1. The number of primary amides is 1. The lowest BCUT2D eigenvalue weighted by Gasteiger charge is -2.13. The second-order valence-electron chi connectivity index (χ2n) is 9.15. The number of carbonyl (C=O) groups excluding carboxylic acids is 2. The molecule has 4 rings (SSSR count). The largest absolute Gasteiger partial charge is 0.497 e. The molecule has 40 heavy (non-hydrogen) atoms. The maximum atomic E-state index is 13.1. The van der Waals surface area contributed by atoms with Gasteiger partial charge in [-0.25, -0.2) is 4.79 Å². The number of hydrogen-bond acceptors (Lipinski definition) is 7. The Kier molecular flexibility index (Phi) is 7.90. The van der Waals surface area contributed by atoms with Crippen LogP contribution in [0.2, 0.25) is 0 Å². The topological polar surface area (TPSA) is 136 Å². The van der Waals surface area contributed by atoms with Crippen molar-refractivity contribution in [2.75, 3.05) is 21.3 Å². The number of aromatic nitrogens is 1. The lowest BCUT2D eigenvalue weighted by Crippen LogP contribution is -2.19. The van der Waals surface area contributed by atoms with Crippen LogP contribution >= 0.6 is 0 Å². The van der Waals surface area contributed by atoms with E-state index in [4.69, 9.17) is 19.9 Å². The zero-order chi connectivity index (χ0) is 29.1. The van der Waals surface area contributed by atoms with Gasteiger partial charge in [0.2, 0.25) is 0 Å².